The van der Waals surface area contributed by atoms with Crippen molar-refractivity contribution >= 4 is 10.8 Å². The van der Waals surface area contributed by atoms with Gasteiger partial charge in [0.1, 0.15) is 0 Å². The van der Waals surface area contributed by atoms with E-state index in [9.17, 15) is 4.21 Å². The first kappa shape index (κ1) is 13.2. The van der Waals surface area contributed by atoms with E-state index >= 15 is 0 Å². The van der Waals surface area contributed by atoms with Crippen molar-refractivity contribution in [1.29, 1.82) is 0 Å². The van der Waals surface area contributed by atoms with Crippen molar-refractivity contribution in [3.05, 3.63) is 71.8 Å². The zero-order valence-electron chi connectivity index (χ0n) is 11.5. The molecule has 1 aliphatic heterocycles. The molecule has 102 valence electrons. The van der Waals surface area contributed by atoms with Gasteiger partial charge in [-0.25, -0.2) is 0 Å². The van der Waals surface area contributed by atoms with Crippen LogP contribution in [0.3, 0.4) is 0 Å². The second-order valence-electron chi connectivity index (χ2n) is 5.29. The summed E-state index contributed by atoms with van der Waals surface area (Å²) in [6, 6.07) is 19.5. The molecule has 1 unspecified atom stereocenters. The van der Waals surface area contributed by atoms with E-state index in [2.05, 4.69) is 10.2 Å². The van der Waals surface area contributed by atoms with Gasteiger partial charge in [-0.1, -0.05) is 60.7 Å². The Kier molecular flexibility index (Phi) is 3.05. The van der Waals surface area contributed by atoms with Gasteiger partial charge in [-0.15, -0.1) is 0 Å². The molecule has 0 saturated heterocycles. The second kappa shape index (κ2) is 4.63. The minimum atomic E-state index is -1.26. The monoisotopic (exact) mass is 284 g/mol. The lowest BCUT2D eigenvalue weighted by Gasteiger charge is -2.27. The number of benzene rings is 2. The number of azo groups is 1. The van der Waals surface area contributed by atoms with E-state index in [1.807, 2.05) is 74.5 Å². The predicted octanol–water partition coefficient (Wildman–Crippen LogP) is 3.84. The zero-order valence-corrected chi connectivity index (χ0v) is 12.3. The lowest BCUT2D eigenvalue weighted by atomic mass is 9.99. The molecule has 0 N–H and O–H groups in total. The molecule has 4 heteroatoms. The van der Waals surface area contributed by atoms with Gasteiger partial charge in [-0.05, 0) is 25.0 Å². The average molecular weight is 284 g/mol. The van der Waals surface area contributed by atoms with Crippen LogP contribution in [0.15, 0.2) is 70.9 Å². The molecule has 3 rings (SSSR count). The molecule has 0 bridgehead atoms. The maximum atomic E-state index is 13.1. The van der Waals surface area contributed by atoms with Crippen molar-refractivity contribution in [1.82, 2.24) is 0 Å². The number of hydrogen-bond acceptors (Lipinski definition) is 3. The van der Waals surface area contributed by atoms with Crippen molar-refractivity contribution < 1.29 is 4.21 Å². The molecule has 0 spiro atoms. The van der Waals surface area contributed by atoms with Crippen LogP contribution in [-0.4, -0.2) is 9.08 Å². The van der Waals surface area contributed by atoms with Crippen molar-refractivity contribution in [3.63, 3.8) is 0 Å². The summed E-state index contributed by atoms with van der Waals surface area (Å²) in [6.07, 6.45) is 0. The van der Waals surface area contributed by atoms with Crippen LogP contribution in [0, 0.1) is 0 Å². The van der Waals surface area contributed by atoms with Gasteiger partial charge in [0.05, 0.1) is 10.8 Å². The minimum Gasteiger partial charge on any atom is -0.254 e. The number of rotatable bonds is 2. The largest absolute Gasteiger partial charge is 0.254 e. The maximum Gasteiger partial charge on any atom is 0.208 e. The molecule has 3 nitrogen and oxygen atoms in total. The summed E-state index contributed by atoms with van der Waals surface area (Å²) >= 11 is 0. The summed E-state index contributed by atoms with van der Waals surface area (Å²) in [6.45, 7) is 3.72. The molecule has 0 fully saturated rings. The Morgan fingerprint density at radius 1 is 0.800 bits per heavy atom. The van der Waals surface area contributed by atoms with E-state index < -0.39 is 20.5 Å². The molecular formula is C16H16N2OS. The van der Waals surface area contributed by atoms with Crippen molar-refractivity contribution in [2.45, 2.75) is 23.6 Å². The Morgan fingerprint density at radius 3 is 1.60 bits per heavy atom. The van der Waals surface area contributed by atoms with Crippen LogP contribution in [0.2, 0.25) is 0 Å². The Labute approximate surface area is 121 Å². The Hall–Kier alpha value is -1.81. The quantitative estimate of drug-likeness (QED) is 0.826. The van der Waals surface area contributed by atoms with E-state index in [-0.39, 0.29) is 0 Å². The van der Waals surface area contributed by atoms with Crippen LogP contribution in [0.1, 0.15) is 25.0 Å². The molecule has 20 heavy (non-hydrogen) atoms. The fraction of sp³-hybridized carbons (Fsp3) is 0.250. The summed E-state index contributed by atoms with van der Waals surface area (Å²) in [5, 5.41) is 8.75. The van der Waals surface area contributed by atoms with Crippen LogP contribution in [0.4, 0.5) is 0 Å². The summed E-state index contributed by atoms with van der Waals surface area (Å²) in [4.78, 5) is -1.57. The fourth-order valence-corrected chi connectivity index (χ4v) is 4.10. The highest BCUT2D eigenvalue weighted by Gasteiger charge is 2.52. The second-order valence-corrected chi connectivity index (χ2v) is 7.42. The van der Waals surface area contributed by atoms with Crippen molar-refractivity contribution in [2.75, 3.05) is 0 Å². The highest BCUT2D eigenvalue weighted by atomic mass is 32.2. The van der Waals surface area contributed by atoms with Gasteiger partial charge in [0.25, 0.3) is 0 Å². The SMILES string of the molecule is CC1(C)N=NC(c2ccccc2)(c2ccccc2)S1=O. The molecule has 0 aliphatic carbocycles. The minimum absolute atomic E-state index is 0.675. The van der Waals surface area contributed by atoms with Crippen LogP contribution in [-0.2, 0) is 15.7 Å². The normalized spacial score (nSPS) is 22.8. The van der Waals surface area contributed by atoms with Gasteiger partial charge >= 0.3 is 0 Å². The Morgan fingerprint density at radius 2 is 1.25 bits per heavy atom. The molecule has 2 aromatic rings. The summed E-state index contributed by atoms with van der Waals surface area (Å²) in [5.74, 6) is 0. The van der Waals surface area contributed by atoms with Crippen molar-refractivity contribution in [3.8, 4) is 0 Å². The molecule has 0 saturated carbocycles. The van der Waals surface area contributed by atoms with Crippen LogP contribution < -0.4 is 0 Å². The van der Waals surface area contributed by atoms with E-state index in [1.54, 1.807) is 0 Å². The molecule has 1 heterocycles. The molecule has 1 aliphatic rings. The van der Waals surface area contributed by atoms with E-state index in [0.29, 0.717) is 0 Å². The van der Waals surface area contributed by atoms with Gasteiger partial charge in [0.15, 0.2) is 4.87 Å². The highest BCUT2D eigenvalue weighted by molar-refractivity contribution is 7.87. The van der Waals surface area contributed by atoms with Crippen LogP contribution in [0.5, 0.6) is 0 Å². The molecule has 2 aromatic carbocycles. The third-order valence-corrected chi connectivity index (χ3v) is 5.56. The average Bonchev–Trinajstić information content (AvgIpc) is 2.73. The first-order chi connectivity index (χ1) is 9.57. The topological polar surface area (TPSA) is 41.8 Å². The van der Waals surface area contributed by atoms with Gasteiger partial charge < -0.3 is 0 Å². The highest BCUT2D eigenvalue weighted by Crippen LogP contribution is 2.47. The van der Waals surface area contributed by atoms with Gasteiger partial charge in [-0.3, -0.25) is 4.21 Å². The van der Waals surface area contributed by atoms with E-state index in [4.69, 9.17) is 0 Å². The van der Waals surface area contributed by atoms with E-state index in [1.165, 1.54) is 0 Å². The Balaban J connectivity index is 2.26. The first-order valence-electron chi connectivity index (χ1n) is 6.54. The Bertz CT molecular complexity index is 626. The standard InChI is InChI=1S/C16H16N2OS/c1-15(2)17-18-16(20(15)19,13-9-5-3-6-10-13)14-11-7-4-8-12-14/h3-12H,1-2H3. The first-order valence-corrected chi connectivity index (χ1v) is 7.69. The van der Waals surface area contributed by atoms with Crippen molar-refractivity contribution in [2.24, 2.45) is 10.2 Å². The third kappa shape index (κ3) is 1.83. The van der Waals surface area contributed by atoms with Crippen LogP contribution >= 0.6 is 0 Å². The van der Waals surface area contributed by atoms with Gasteiger partial charge in [-0.2, -0.15) is 10.2 Å². The van der Waals surface area contributed by atoms with Gasteiger partial charge in [0, 0.05) is 0 Å². The lowest BCUT2D eigenvalue weighted by Crippen LogP contribution is -2.35. The number of nitrogens with zero attached hydrogens (tertiary/aromatic N) is 2. The third-order valence-electron chi connectivity index (χ3n) is 3.48. The maximum absolute atomic E-state index is 13.1. The molecule has 1 atom stereocenters. The summed E-state index contributed by atoms with van der Waals surface area (Å²) in [5.41, 5.74) is 1.83. The predicted molar refractivity (Wildman–Crippen MR) is 80.7 cm³/mol. The zero-order chi connectivity index (χ0) is 14.2. The van der Waals surface area contributed by atoms with E-state index in [0.717, 1.165) is 11.1 Å². The molecule has 0 radical (unpaired) electrons. The number of hydrogen-bond donors (Lipinski definition) is 0. The summed E-state index contributed by atoms with van der Waals surface area (Å²) in [7, 11) is -1.26. The molecule has 0 aromatic heterocycles. The van der Waals surface area contributed by atoms with Crippen LogP contribution in [0.25, 0.3) is 0 Å². The molecule has 0 amide bonds. The summed E-state index contributed by atoms with van der Waals surface area (Å²) < 4.78 is 13.1. The lowest BCUT2D eigenvalue weighted by molar-refractivity contribution is 0.639. The fourth-order valence-electron chi connectivity index (χ4n) is 2.45. The van der Waals surface area contributed by atoms with Gasteiger partial charge in [0.2, 0.25) is 4.87 Å². The molecular weight excluding hydrogens is 268 g/mol. The smallest absolute Gasteiger partial charge is 0.208 e.